The Balaban J connectivity index is 2.54. The fourth-order valence-corrected chi connectivity index (χ4v) is 1.39. The first-order valence-electron chi connectivity index (χ1n) is 5.05. The van der Waals surface area contributed by atoms with Crippen molar-refractivity contribution in [2.24, 2.45) is 0 Å². The van der Waals surface area contributed by atoms with E-state index in [4.69, 9.17) is 21.1 Å². The molecule has 1 amide bonds. The van der Waals surface area contributed by atoms with Crippen LogP contribution in [0, 0.1) is 11.6 Å². The van der Waals surface area contributed by atoms with Gasteiger partial charge in [0.15, 0.2) is 5.82 Å². The zero-order valence-corrected chi connectivity index (χ0v) is 10.4. The van der Waals surface area contributed by atoms with Gasteiger partial charge in [0, 0.05) is 13.2 Å². The number of hydrogen-bond acceptors (Lipinski definition) is 3. The molecule has 0 aliphatic heterocycles. The Kier molecular flexibility index (Phi) is 5.97. The smallest absolute Gasteiger partial charge is 0.250 e. The van der Waals surface area contributed by atoms with E-state index >= 15 is 0 Å². The second kappa shape index (κ2) is 7.25. The quantitative estimate of drug-likeness (QED) is 0.812. The molecule has 0 saturated carbocycles. The molecule has 100 valence electrons. The number of amides is 1. The number of benzene rings is 1. The summed E-state index contributed by atoms with van der Waals surface area (Å²) in [5.74, 6) is -2.34. The predicted octanol–water partition coefficient (Wildman–Crippen LogP) is 2.22. The van der Waals surface area contributed by atoms with Crippen molar-refractivity contribution in [1.29, 1.82) is 0 Å². The summed E-state index contributed by atoms with van der Waals surface area (Å²) in [6.45, 7) is 0.318. The third kappa shape index (κ3) is 4.56. The molecule has 0 aliphatic rings. The molecule has 0 heterocycles. The summed E-state index contributed by atoms with van der Waals surface area (Å²) in [6.07, 6.45) is 0. The Bertz CT molecular complexity index is 406. The van der Waals surface area contributed by atoms with Gasteiger partial charge in [0.25, 0.3) is 0 Å². The fraction of sp³-hybridized carbons (Fsp3) is 0.364. The van der Waals surface area contributed by atoms with Gasteiger partial charge in [-0.1, -0.05) is 11.6 Å². The highest BCUT2D eigenvalue weighted by atomic mass is 35.5. The summed E-state index contributed by atoms with van der Waals surface area (Å²) in [7, 11) is 1.50. The Morgan fingerprint density at radius 3 is 2.72 bits per heavy atom. The van der Waals surface area contributed by atoms with Crippen molar-refractivity contribution in [2.45, 2.75) is 0 Å². The van der Waals surface area contributed by atoms with Gasteiger partial charge in [0.1, 0.15) is 12.4 Å². The van der Waals surface area contributed by atoms with Crippen LogP contribution >= 0.6 is 11.6 Å². The van der Waals surface area contributed by atoms with Gasteiger partial charge in [-0.05, 0) is 6.07 Å². The van der Waals surface area contributed by atoms with E-state index in [1.807, 2.05) is 0 Å². The molecule has 0 saturated heterocycles. The van der Waals surface area contributed by atoms with Crippen molar-refractivity contribution in [3.05, 3.63) is 28.8 Å². The Morgan fingerprint density at radius 2 is 2.11 bits per heavy atom. The summed E-state index contributed by atoms with van der Waals surface area (Å²) in [5, 5.41) is 1.99. The SMILES string of the molecule is COCCOCC(=O)Nc1c(F)cc(F)cc1Cl. The second-order valence-electron chi connectivity index (χ2n) is 3.34. The number of carbonyl (C=O) groups excluding carboxylic acids is 1. The maximum absolute atomic E-state index is 13.3. The van der Waals surface area contributed by atoms with Crippen LogP contribution in [0.2, 0.25) is 5.02 Å². The van der Waals surface area contributed by atoms with Crippen molar-refractivity contribution < 1.29 is 23.0 Å². The minimum absolute atomic E-state index is 0.210. The number of rotatable bonds is 6. The molecule has 1 rings (SSSR count). The average Bonchev–Trinajstić information content (AvgIpc) is 2.29. The third-order valence-corrected chi connectivity index (χ3v) is 2.23. The standard InChI is InChI=1S/C11H12ClF2NO3/c1-17-2-3-18-6-10(16)15-11-8(12)4-7(13)5-9(11)14/h4-5H,2-3,6H2,1H3,(H,15,16). The molecule has 0 aliphatic carbocycles. The van der Waals surface area contributed by atoms with Crippen molar-refractivity contribution in [1.82, 2.24) is 0 Å². The van der Waals surface area contributed by atoms with E-state index in [1.165, 1.54) is 7.11 Å². The number of halogens is 3. The molecule has 0 aromatic heterocycles. The fourth-order valence-electron chi connectivity index (χ4n) is 1.14. The van der Waals surface area contributed by atoms with E-state index in [-0.39, 0.29) is 23.9 Å². The molecule has 0 fully saturated rings. The number of nitrogens with one attached hydrogen (secondary N) is 1. The lowest BCUT2D eigenvalue weighted by Crippen LogP contribution is -2.20. The van der Waals surface area contributed by atoms with Gasteiger partial charge in [0.2, 0.25) is 5.91 Å². The van der Waals surface area contributed by atoms with Crippen molar-refractivity contribution in [3.8, 4) is 0 Å². The largest absolute Gasteiger partial charge is 0.382 e. The van der Waals surface area contributed by atoms with Crippen LogP contribution in [0.3, 0.4) is 0 Å². The predicted molar refractivity (Wildman–Crippen MR) is 62.7 cm³/mol. The first-order chi connectivity index (χ1) is 8.54. The zero-order chi connectivity index (χ0) is 13.5. The van der Waals surface area contributed by atoms with E-state index in [9.17, 15) is 13.6 Å². The van der Waals surface area contributed by atoms with Crippen LogP contribution in [-0.4, -0.2) is 32.8 Å². The van der Waals surface area contributed by atoms with Gasteiger partial charge in [-0.15, -0.1) is 0 Å². The van der Waals surface area contributed by atoms with Gasteiger partial charge in [-0.2, -0.15) is 0 Å². The van der Waals surface area contributed by atoms with E-state index in [1.54, 1.807) is 0 Å². The van der Waals surface area contributed by atoms with Crippen molar-refractivity contribution in [3.63, 3.8) is 0 Å². The lowest BCUT2D eigenvalue weighted by atomic mass is 10.3. The molecule has 1 aromatic carbocycles. The normalized spacial score (nSPS) is 10.4. The summed E-state index contributed by atoms with van der Waals surface area (Å²) in [5.41, 5.74) is -0.265. The summed E-state index contributed by atoms with van der Waals surface area (Å²) in [6, 6.07) is 1.54. The molecule has 0 radical (unpaired) electrons. The lowest BCUT2D eigenvalue weighted by molar-refractivity contribution is -0.121. The summed E-state index contributed by atoms with van der Waals surface area (Å²) >= 11 is 5.61. The van der Waals surface area contributed by atoms with Gasteiger partial charge in [-0.3, -0.25) is 4.79 Å². The number of anilines is 1. The number of hydrogen-bond donors (Lipinski definition) is 1. The minimum atomic E-state index is -0.940. The zero-order valence-electron chi connectivity index (χ0n) is 9.63. The molecule has 0 unspecified atom stereocenters. The molecule has 1 N–H and O–H groups in total. The second-order valence-corrected chi connectivity index (χ2v) is 3.75. The van der Waals surface area contributed by atoms with E-state index in [2.05, 4.69) is 5.32 Å². The first-order valence-corrected chi connectivity index (χ1v) is 5.43. The van der Waals surface area contributed by atoms with Gasteiger partial charge < -0.3 is 14.8 Å². The van der Waals surface area contributed by atoms with Crippen LogP contribution in [0.5, 0.6) is 0 Å². The van der Waals surface area contributed by atoms with Crippen LogP contribution in [0.15, 0.2) is 12.1 Å². The summed E-state index contributed by atoms with van der Waals surface area (Å²) in [4.78, 5) is 11.4. The highest BCUT2D eigenvalue weighted by Gasteiger charge is 2.12. The van der Waals surface area contributed by atoms with Crippen molar-refractivity contribution >= 4 is 23.2 Å². The topological polar surface area (TPSA) is 47.6 Å². The maximum Gasteiger partial charge on any atom is 0.250 e. The number of methoxy groups -OCH3 is 1. The molecule has 1 aromatic rings. The molecule has 7 heteroatoms. The van der Waals surface area contributed by atoms with Crippen LogP contribution < -0.4 is 5.32 Å². The van der Waals surface area contributed by atoms with Gasteiger partial charge >= 0.3 is 0 Å². The molecule has 0 atom stereocenters. The monoisotopic (exact) mass is 279 g/mol. The van der Waals surface area contributed by atoms with Crippen LogP contribution in [0.25, 0.3) is 0 Å². The highest BCUT2D eigenvalue weighted by molar-refractivity contribution is 6.33. The highest BCUT2D eigenvalue weighted by Crippen LogP contribution is 2.26. The van der Waals surface area contributed by atoms with E-state index < -0.39 is 17.5 Å². The van der Waals surface area contributed by atoms with Crippen LogP contribution in [-0.2, 0) is 14.3 Å². The molecular weight excluding hydrogens is 268 g/mol. The lowest BCUT2D eigenvalue weighted by Gasteiger charge is -2.09. The number of carbonyl (C=O) groups is 1. The van der Waals surface area contributed by atoms with Crippen LogP contribution in [0.1, 0.15) is 0 Å². The Morgan fingerprint density at radius 1 is 1.39 bits per heavy atom. The number of ether oxygens (including phenoxy) is 2. The van der Waals surface area contributed by atoms with Gasteiger partial charge in [-0.25, -0.2) is 8.78 Å². The van der Waals surface area contributed by atoms with Crippen LogP contribution in [0.4, 0.5) is 14.5 Å². The summed E-state index contributed by atoms with van der Waals surface area (Å²) < 4.78 is 35.7. The molecular formula is C11H12ClF2NO3. The molecule has 18 heavy (non-hydrogen) atoms. The van der Waals surface area contributed by atoms with E-state index in [0.717, 1.165) is 6.07 Å². The Labute approximate surface area is 108 Å². The third-order valence-electron chi connectivity index (χ3n) is 1.94. The average molecular weight is 280 g/mol. The first kappa shape index (κ1) is 14.8. The minimum Gasteiger partial charge on any atom is -0.382 e. The molecule has 0 bridgehead atoms. The van der Waals surface area contributed by atoms with E-state index in [0.29, 0.717) is 12.7 Å². The maximum atomic E-state index is 13.3. The molecule has 0 spiro atoms. The Hall–Kier alpha value is -1.24. The molecule has 4 nitrogen and oxygen atoms in total. The van der Waals surface area contributed by atoms with Gasteiger partial charge in [0.05, 0.1) is 23.9 Å². The van der Waals surface area contributed by atoms with Crippen molar-refractivity contribution in [2.75, 3.05) is 32.2 Å².